The van der Waals surface area contributed by atoms with Crippen molar-refractivity contribution >= 4 is 17.7 Å². The van der Waals surface area contributed by atoms with Crippen molar-refractivity contribution in [2.75, 3.05) is 18.4 Å². The van der Waals surface area contributed by atoms with E-state index in [1.54, 1.807) is 20.8 Å². The van der Waals surface area contributed by atoms with E-state index in [4.69, 9.17) is 13.9 Å². The zero-order valence-electron chi connectivity index (χ0n) is 22.2. The van der Waals surface area contributed by atoms with Crippen LogP contribution in [0.25, 0.3) is 11.5 Å². The summed E-state index contributed by atoms with van der Waals surface area (Å²) in [4.78, 5) is 37.7. The Labute approximate surface area is 233 Å². The van der Waals surface area contributed by atoms with Gasteiger partial charge < -0.3 is 28.8 Å². The van der Waals surface area contributed by atoms with Crippen molar-refractivity contribution in [1.29, 1.82) is 0 Å². The van der Waals surface area contributed by atoms with Gasteiger partial charge in [0.05, 0.1) is 30.2 Å². The van der Waals surface area contributed by atoms with Crippen molar-refractivity contribution in [2.24, 2.45) is 0 Å². The van der Waals surface area contributed by atoms with Gasteiger partial charge in [-0.2, -0.15) is 13.2 Å². The summed E-state index contributed by atoms with van der Waals surface area (Å²) in [5, 5.41) is 2.13. The fraction of sp³-hybridized carbons (Fsp3) is 0.400. The predicted molar refractivity (Wildman–Crippen MR) is 130 cm³/mol. The lowest BCUT2D eigenvalue weighted by Crippen LogP contribution is -2.36. The van der Waals surface area contributed by atoms with Crippen molar-refractivity contribution in [3.63, 3.8) is 0 Å². The number of nitrogens with zero attached hydrogens (tertiary/aromatic N) is 4. The van der Waals surface area contributed by atoms with Crippen LogP contribution in [0.2, 0.25) is 0 Å². The third-order valence-electron chi connectivity index (χ3n) is 5.40. The molecular weight excluding hydrogens is 580 g/mol. The minimum Gasteiger partial charge on any atom is -0.458 e. The zero-order chi connectivity index (χ0) is 30.9. The van der Waals surface area contributed by atoms with Crippen molar-refractivity contribution in [3.05, 3.63) is 48.1 Å². The van der Waals surface area contributed by atoms with Crippen LogP contribution in [0, 0.1) is 0 Å². The van der Waals surface area contributed by atoms with Crippen molar-refractivity contribution in [2.45, 2.75) is 51.4 Å². The number of hydrogen-bond acceptors (Lipinski definition) is 9. The molecule has 3 heterocycles. The van der Waals surface area contributed by atoms with Crippen LogP contribution in [0.4, 0.5) is 36.8 Å². The van der Waals surface area contributed by atoms with Gasteiger partial charge in [0.25, 0.3) is 5.91 Å². The number of likely N-dealkylation sites (tertiary alicyclic amines) is 1. The highest BCUT2D eigenvalue weighted by atomic mass is 19.4. The highest BCUT2D eigenvalue weighted by Gasteiger charge is 2.42. The normalized spacial score (nSPS) is 15.8. The molecule has 226 valence electrons. The number of amides is 2. The Morgan fingerprint density at radius 2 is 1.71 bits per heavy atom. The largest absolute Gasteiger partial charge is 0.573 e. The van der Waals surface area contributed by atoms with Gasteiger partial charge >= 0.3 is 24.6 Å². The molecule has 1 atom stereocenters. The smallest absolute Gasteiger partial charge is 0.458 e. The Morgan fingerprint density at radius 1 is 1.05 bits per heavy atom. The van der Waals surface area contributed by atoms with Gasteiger partial charge in [-0.3, -0.25) is 4.79 Å². The van der Waals surface area contributed by atoms with E-state index in [0.29, 0.717) is 13.0 Å². The first-order valence-electron chi connectivity index (χ1n) is 12.2. The summed E-state index contributed by atoms with van der Waals surface area (Å²) in [6.45, 7) is 5.80. The van der Waals surface area contributed by atoms with E-state index >= 15 is 0 Å². The minimum absolute atomic E-state index is 0.120. The lowest BCUT2D eigenvalue weighted by molar-refractivity contribution is -0.274. The molecule has 1 unspecified atom stereocenters. The number of nitrogens with one attached hydrogen (secondary N) is 1. The fourth-order valence-corrected chi connectivity index (χ4v) is 3.74. The molecule has 1 fully saturated rings. The van der Waals surface area contributed by atoms with Gasteiger partial charge in [0.15, 0.2) is 5.69 Å². The SMILES string of the molecule is CC(C)(C)OC(=O)N1CCC(Oc2ncc(NC(=O)c3nc(-c4ccccc4OC(F)(F)F)oc3C(F)(F)F)cn2)C1. The van der Waals surface area contributed by atoms with E-state index in [9.17, 15) is 35.9 Å². The molecule has 2 aromatic heterocycles. The maximum Gasteiger partial charge on any atom is 0.573 e. The van der Waals surface area contributed by atoms with Crippen LogP contribution < -0.4 is 14.8 Å². The van der Waals surface area contributed by atoms with Gasteiger partial charge in [0.1, 0.15) is 17.5 Å². The molecule has 1 N–H and O–H groups in total. The molecule has 2 amide bonds. The van der Waals surface area contributed by atoms with Crippen LogP contribution in [0.5, 0.6) is 11.8 Å². The maximum absolute atomic E-state index is 13.7. The molecular formula is C25H23F6N5O6. The second kappa shape index (κ2) is 11.4. The van der Waals surface area contributed by atoms with E-state index in [2.05, 4.69) is 25.0 Å². The number of carbonyl (C=O) groups is 2. The molecule has 17 heteroatoms. The number of hydrogen-bond donors (Lipinski definition) is 1. The molecule has 42 heavy (non-hydrogen) atoms. The molecule has 11 nitrogen and oxygen atoms in total. The fourth-order valence-electron chi connectivity index (χ4n) is 3.74. The first-order chi connectivity index (χ1) is 19.5. The summed E-state index contributed by atoms with van der Waals surface area (Å²) in [5.41, 5.74) is -2.62. The summed E-state index contributed by atoms with van der Waals surface area (Å²) in [6, 6.07) is 4.09. The highest BCUT2D eigenvalue weighted by molar-refractivity contribution is 6.03. The van der Waals surface area contributed by atoms with E-state index in [0.717, 1.165) is 30.6 Å². The number of anilines is 1. The van der Waals surface area contributed by atoms with Gasteiger partial charge in [0.2, 0.25) is 11.7 Å². The number of para-hydroxylation sites is 1. The third kappa shape index (κ3) is 7.79. The summed E-state index contributed by atoms with van der Waals surface area (Å²) >= 11 is 0. The molecule has 0 bridgehead atoms. The van der Waals surface area contributed by atoms with Crippen LogP contribution in [0.1, 0.15) is 43.4 Å². The van der Waals surface area contributed by atoms with E-state index < -0.39 is 64.9 Å². The Hall–Kier alpha value is -4.57. The van der Waals surface area contributed by atoms with Crippen molar-refractivity contribution in [1.82, 2.24) is 19.9 Å². The van der Waals surface area contributed by atoms with Crippen molar-refractivity contribution < 1.29 is 54.6 Å². The summed E-state index contributed by atoms with van der Waals surface area (Å²) in [5.74, 6) is -5.04. The molecule has 1 aliphatic heterocycles. The van der Waals surface area contributed by atoms with E-state index in [1.165, 1.54) is 11.0 Å². The summed E-state index contributed by atoms with van der Waals surface area (Å²) in [6.07, 6.45) is -8.75. The molecule has 0 spiro atoms. The van der Waals surface area contributed by atoms with Gasteiger partial charge in [-0.05, 0) is 32.9 Å². The average molecular weight is 603 g/mol. The molecule has 3 aromatic rings. The number of rotatable bonds is 6. The van der Waals surface area contributed by atoms with E-state index in [1.807, 2.05) is 0 Å². The lowest BCUT2D eigenvalue weighted by atomic mass is 10.2. The Kier molecular flexibility index (Phi) is 8.22. The van der Waals surface area contributed by atoms with Gasteiger partial charge in [-0.25, -0.2) is 19.7 Å². The number of oxazole rings is 1. The van der Waals surface area contributed by atoms with Crippen LogP contribution >= 0.6 is 0 Å². The van der Waals surface area contributed by atoms with Gasteiger partial charge in [-0.1, -0.05) is 12.1 Å². The molecule has 1 aliphatic rings. The number of halogens is 6. The minimum atomic E-state index is -5.22. The Balaban J connectivity index is 1.46. The first-order valence-corrected chi connectivity index (χ1v) is 12.2. The van der Waals surface area contributed by atoms with Crippen LogP contribution in [0.3, 0.4) is 0 Å². The second-order valence-corrected chi connectivity index (χ2v) is 9.90. The molecule has 0 saturated carbocycles. The maximum atomic E-state index is 13.7. The number of ether oxygens (including phenoxy) is 3. The van der Waals surface area contributed by atoms with Crippen LogP contribution in [-0.2, 0) is 10.9 Å². The average Bonchev–Trinajstić information content (AvgIpc) is 3.51. The topological polar surface area (TPSA) is 129 Å². The number of carbonyl (C=O) groups excluding carboxylic acids is 2. The summed E-state index contributed by atoms with van der Waals surface area (Å²) < 4.78 is 98.8. The second-order valence-electron chi connectivity index (χ2n) is 9.90. The van der Waals surface area contributed by atoms with E-state index in [-0.39, 0.29) is 18.2 Å². The number of aromatic nitrogens is 3. The molecule has 0 aliphatic carbocycles. The number of benzene rings is 1. The Morgan fingerprint density at radius 3 is 2.33 bits per heavy atom. The standard InChI is InChI=1S/C25H23F6N5O6/c1-23(2,3)42-22(38)36-9-8-14(12-36)39-21-32-10-13(11-33-21)34-19(37)17-18(24(26,27)28)40-20(35-17)15-6-4-5-7-16(15)41-25(29,30)31/h4-7,10-11,14H,8-9,12H2,1-3H3,(H,34,37). The molecule has 1 saturated heterocycles. The Bertz CT molecular complexity index is 1440. The predicted octanol–water partition coefficient (Wildman–Crippen LogP) is 5.69. The first kappa shape index (κ1) is 30.4. The van der Waals surface area contributed by atoms with Gasteiger partial charge in [-0.15, -0.1) is 13.2 Å². The van der Waals surface area contributed by atoms with Gasteiger partial charge in [0, 0.05) is 13.0 Å². The van der Waals surface area contributed by atoms with Crippen LogP contribution in [-0.4, -0.2) is 63.0 Å². The highest BCUT2D eigenvalue weighted by Crippen LogP contribution is 2.39. The zero-order valence-corrected chi connectivity index (χ0v) is 22.2. The van der Waals surface area contributed by atoms with Crippen molar-refractivity contribution in [3.8, 4) is 23.2 Å². The number of alkyl halides is 6. The summed E-state index contributed by atoms with van der Waals surface area (Å²) in [7, 11) is 0. The molecule has 1 aromatic carbocycles. The third-order valence-corrected chi connectivity index (χ3v) is 5.40. The monoisotopic (exact) mass is 603 g/mol. The molecule has 4 rings (SSSR count). The lowest BCUT2D eigenvalue weighted by Gasteiger charge is -2.24. The van der Waals surface area contributed by atoms with Crippen LogP contribution in [0.15, 0.2) is 41.1 Å². The quantitative estimate of drug-likeness (QED) is 0.354. The molecule has 0 radical (unpaired) electrons.